The second-order valence-electron chi connectivity index (χ2n) is 6.32. The lowest BCUT2D eigenvalue weighted by molar-refractivity contribution is -0.147. The molecule has 0 saturated carbocycles. The molecule has 144 valence electrons. The highest BCUT2D eigenvalue weighted by atomic mass is 32.1. The molecule has 0 aliphatic heterocycles. The molecule has 1 aromatic carbocycles. The van der Waals surface area contributed by atoms with Gasteiger partial charge in [-0.1, -0.05) is 44.2 Å². The van der Waals surface area contributed by atoms with Gasteiger partial charge in [0.05, 0.1) is 4.88 Å². The molecule has 27 heavy (non-hydrogen) atoms. The zero-order valence-corrected chi connectivity index (χ0v) is 16.3. The van der Waals surface area contributed by atoms with Crippen molar-refractivity contribution in [1.29, 1.82) is 0 Å². The van der Waals surface area contributed by atoms with Crippen molar-refractivity contribution in [2.75, 3.05) is 19.7 Å². The van der Waals surface area contributed by atoms with E-state index in [4.69, 9.17) is 4.74 Å². The Kier molecular flexibility index (Phi) is 8.00. The summed E-state index contributed by atoms with van der Waals surface area (Å²) in [6, 6.07) is 11.7. The average molecular weight is 388 g/mol. The maximum atomic E-state index is 11.7. The van der Waals surface area contributed by atoms with E-state index in [1.54, 1.807) is 17.5 Å². The minimum absolute atomic E-state index is 0.272. The van der Waals surface area contributed by atoms with Gasteiger partial charge >= 0.3 is 5.97 Å². The summed E-state index contributed by atoms with van der Waals surface area (Å²) in [6.07, 6.45) is 0.703. The van der Waals surface area contributed by atoms with E-state index in [1.807, 2.05) is 0 Å². The van der Waals surface area contributed by atoms with Crippen LogP contribution in [0.25, 0.3) is 0 Å². The summed E-state index contributed by atoms with van der Waals surface area (Å²) in [5.74, 6) is -0.871. The number of carbonyl (C=O) groups is 3. The third-order valence-corrected chi connectivity index (χ3v) is 4.75. The van der Waals surface area contributed by atoms with Crippen molar-refractivity contribution in [2.45, 2.75) is 26.2 Å². The monoisotopic (exact) mass is 388 g/mol. The van der Waals surface area contributed by atoms with Gasteiger partial charge in [0.15, 0.2) is 6.61 Å². The van der Waals surface area contributed by atoms with Gasteiger partial charge in [-0.15, -0.1) is 11.3 Å². The fourth-order valence-corrected chi connectivity index (χ4v) is 2.95. The van der Waals surface area contributed by atoms with Crippen molar-refractivity contribution >= 4 is 29.1 Å². The number of ether oxygens (including phenoxy) is 1. The van der Waals surface area contributed by atoms with E-state index in [0.29, 0.717) is 23.8 Å². The average Bonchev–Trinajstić information content (AvgIpc) is 3.19. The number of rotatable bonds is 9. The topological polar surface area (TPSA) is 84.5 Å². The lowest BCUT2D eigenvalue weighted by Crippen LogP contribution is -2.34. The van der Waals surface area contributed by atoms with Gasteiger partial charge in [-0.3, -0.25) is 14.4 Å². The highest BCUT2D eigenvalue weighted by Gasteiger charge is 2.11. The van der Waals surface area contributed by atoms with Crippen LogP contribution in [0, 0.1) is 0 Å². The Hall–Kier alpha value is -2.67. The van der Waals surface area contributed by atoms with Crippen molar-refractivity contribution in [3.8, 4) is 0 Å². The molecule has 0 aliphatic carbocycles. The zero-order valence-electron chi connectivity index (χ0n) is 15.5. The van der Waals surface area contributed by atoms with E-state index in [1.165, 1.54) is 16.9 Å². The fraction of sp³-hybridized carbons (Fsp3) is 0.350. The van der Waals surface area contributed by atoms with E-state index in [2.05, 4.69) is 48.7 Å². The second kappa shape index (κ2) is 10.5. The Bertz CT molecular complexity index is 755. The van der Waals surface area contributed by atoms with Gasteiger partial charge in [0.1, 0.15) is 6.54 Å². The second-order valence-corrected chi connectivity index (χ2v) is 7.26. The Labute approximate surface area is 162 Å². The molecule has 0 unspecified atom stereocenters. The van der Waals surface area contributed by atoms with Crippen LogP contribution >= 0.6 is 11.3 Å². The van der Waals surface area contributed by atoms with Crippen LogP contribution in [-0.2, 0) is 20.7 Å². The number of hydrogen-bond donors (Lipinski definition) is 2. The van der Waals surface area contributed by atoms with Crippen LogP contribution in [0.4, 0.5) is 0 Å². The van der Waals surface area contributed by atoms with Crippen LogP contribution in [0.1, 0.15) is 40.6 Å². The van der Waals surface area contributed by atoms with Crippen LogP contribution in [0.5, 0.6) is 0 Å². The Balaban J connectivity index is 1.60. The third-order valence-electron chi connectivity index (χ3n) is 3.88. The molecule has 0 aliphatic rings. The molecule has 0 atom stereocenters. The summed E-state index contributed by atoms with van der Waals surface area (Å²) in [7, 11) is 0. The Morgan fingerprint density at radius 2 is 1.81 bits per heavy atom. The standard InChI is InChI=1S/C20H24N2O4S/c1-14(2)16-7-5-15(6-8-16)9-10-21-18(23)13-26-19(24)12-22-20(25)17-4-3-11-27-17/h3-8,11,14H,9-10,12-13H2,1-2H3,(H,21,23)(H,22,25). The highest BCUT2D eigenvalue weighted by Crippen LogP contribution is 2.14. The first-order valence-electron chi connectivity index (χ1n) is 8.78. The predicted octanol–water partition coefficient (Wildman–Crippen LogP) is 2.50. The minimum Gasteiger partial charge on any atom is -0.454 e. The number of hydrogen-bond acceptors (Lipinski definition) is 5. The summed E-state index contributed by atoms with van der Waals surface area (Å²) in [5, 5.41) is 6.93. The van der Waals surface area contributed by atoms with Gasteiger partial charge in [0.2, 0.25) is 0 Å². The van der Waals surface area contributed by atoms with Gasteiger partial charge < -0.3 is 15.4 Å². The van der Waals surface area contributed by atoms with Crippen LogP contribution in [0.15, 0.2) is 41.8 Å². The number of benzene rings is 1. The third kappa shape index (κ3) is 7.22. The van der Waals surface area contributed by atoms with E-state index in [9.17, 15) is 14.4 Å². The van der Waals surface area contributed by atoms with Crippen molar-refractivity contribution in [1.82, 2.24) is 10.6 Å². The zero-order chi connectivity index (χ0) is 19.6. The van der Waals surface area contributed by atoms with Crippen molar-refractivity contribution in [3.05, 3.63) is 57.8 Å². The van der Waals surface area contributed by atoms with Gasteiger partial charge in [-0.05, 0) is 34.9 Å². The molecule has 1 aromatic heterocycles. The maximum Gasteiger partial charge on any atom is 0.325 e. The molecular formula is C20H24N2O4S. The Morgan fingerprint density at radius 1 is 1.07 bits per heavy atom. The van der Waals surface area contributed by atoms with Crippen molar-refractivity contribution in [2.24, 2.45) is 0 Å². The summed E-state index contributed by atoms with van der Waals surface area (Å²) in [4.78, 5) is 35.5. The highest BCUT2D eigenvalue weighted by molar-refractivity contribution is 7.12. The molecule has 0 radical (unpaired) electrons. The van der Waals surface area contributed by atoms with E-state index in [0.717, 1.165) is 5.56 Å². The lowest BCUT2D eigenvalue weighted by Gasteiger charge is -2.09. The maximum absolute atomic E-state index is 11.7. The SMILES string of the molecule is CC(C)c1ccc(CCNC(=O)COC(=O)CNC(=O)c2cccs2)cc1. The number of carbonyl (C=O) groups excluding carboxylic acids is 3. The first-order chi connectivity index (χ1) is 13.0. The number of thiophene rings is 1. The predicted molar refractivity (Wildman–Crippen MR) is 105 cm³/mol. The number of esters is 1. The molecule has 2 rings (SSSR count). The first kappa shape index (κ1) is 20.6. The molecule has 0 fully saturated rings. The quantitative estimate of drug-likeness (QED) is 0.647. The molecule has 0 bridgehead atoms. The molecule has 1 heterocycles. The van der Waals surface area contributed by atoms with E-state index in [-0.39, 0.29) is 25.0 Å². The van der Waals surface area contributed by atoms with Gasteiger partial charge in [-0.2, -0.15) is 0 Å². The molecular weight excluding hydrogens is 364 g/mol. The van der Waals surface area contributed by atoms with Crippen molar-refractivity contribution in [3.63, 3.8) is 0 Å². The van der Waals surface area contributed by atoms with Gasteiger partial charge in [0.25, 0.3) is 11.8 Å². The molecule has 7 heteroatoms. The smallest absolute Gasteiger partial charge is 0.325 e. The van der Waals surface area contributed by atoms with Gasteiger partial charge in [-0.25, -0.2) is 0 Å². The summed E-state index contributed by atoms with van der Waals surface area (Å²) in [6.45, 7) is 4.12. The van der Waals surface area contributed by atoms with Crippen LogP contribution in [0.2, 0.25) is 0 Å². The number of amides is 2. The molecule has 2 aromatic rings. The van der Waals surface area contributed by atoms with Crippen molar-refractivity contribution < 1.29 is 19.1 Å². The molecule has 0 saturated heterocycles. The lowest BCUT2D eigenvalue weighted by atomic mass is 10.0. The summed E-state index contributed by atoms with van der Waals surface area (Å²) >= 11 is 1.28. The molecule has 0 spiro atoms. The van der Waals surface area contributed by atoms with E-state index < -0.39 is 5.97 Å². The first-order valence-corrected chi connectivity index (χ1v) is 9.66. The number of nitrogens with one attached hydrogen (secondary N) is 2. The van der Waals surface area contributed by atoms with Crippen LogP contribution < -0.4 is 10.6 Å². The van der Waals surface area contributed by atoms with Gasteiger partial charge in [0, 0.05) is 6.54 Å². The van der Waals surface area contributed by atoms with Crippen LogP contribution in [0.3, 0.4) is 0 Å². The normalized spacial score (nSPS) is 10.5. The summed E-state index contributed by atoms with van der Waals surface area (Å²) < 4.78 is 4.85. The largest absolute Gasteiger partial charge is 0.454 e. The fourth-order valence-electron chi connectivity index (χ4n) is 2.31. The summed E-state index contributed by atoms with van der Waals surface area (Å²) in [5.41, 5.74) is 2.41. The van der Waals surface area contributed by atoms with Crippen LogP contribution in [-0.4, -0.2) is 37.5 Å². The Morgan fingerprint density at radius 3 is 2.44 bits per heavy atom. The minimum atomic E-state index is -0.653. The molecule has 2 amide bonds. The molecule has 2 N–H and O–H groups in total. The van der Waals surface area contributed by atoms with E-state index >= 15 is 0 Å². The molecule has 6 nitrogen and oxygen atoms in total.